The van der Waals surface area contributed by atoms with Gasteiger partial charge in [0.25, 0.3) is 5.91 Å². The van der Waals surface area contributed by atoms with Gasteiger partial charge in [-0.15, -0.1) is 11.3 Å². The van der Waals surface area contributed by atoms with Crippen molar-refractivity contribution in [1.29, 1.82) is 5.26 Å². The first-order valence-electron chi connectivity index (χ1n) is 9.19. The minimum atomic E-state index is -0.505. The number of nitrogens with zero attached hydrogens (tertiary/aromatic N) is 4. The van der Waals surface area contributed by atoms with E-state index in [-0.39, 0.29) is 5.57 Å². The molecule has 30 heavy (non-hydrogen) atoms. The molecule has 0 saturated carbocycles. The van der Waals surface area contributed by atoms with Gasteiger partial charge < -0.3 is 0 Å². The van der Waals surface area contributed by atoms with Gasteiger partial charge in [-0.25, -0.2) is 9.67 Å². The molecule has 0 aliphatic heterocycles. The first kappa shape index (κ1) is 19.3. The number of nitrogens with one attached hydrogen (secondary N) is 1. The van der Waals surface area contributed by atoms with Gasteiger partial charge in [0.05, 0.1) is 11.4 Å². The Morgan fingerprint density at radius 3 is 2.60 bits per heavy atom. The monoisotopic (exact) mass is 411 g/mol. The molecule has 0 aliphatic carbocycles. The molecule has 1 N–H and O–H groups in total. The van der Waals surface area contributed by atoms with Crippen molar-refractivity contribution in [2.45, 2.75) is 6.92 Å². The van der Waals surface area contributed by atoms with Crippen LogP contribution in [0, 0.1) is 18.3 Å². The topological polar surface area (TPSA) is 83.6 Å². The molecule has 2 heterocycles. The number of benzene rings is 2. The van der Waals surface area contributed by atoms with Crippen LogP contribution < -0.4 is 5.32 Å². The number of carbonyl (C=O) groups is 1. The van der Waals surface area contributed by atoms with Crippen LogP contribution in [0.15, 0.2) is 77.9 Å². The number of thiazole rings is 1. The number of hydrogen-bond acceptors (Lipinski definition) is 5. The average Bonchev–Trinajstić information content (AvgIpc) is 3.43. The second-order valence-electron chi connectivity index (χ2n) is 6.54. The van der Waals surface area contributed by atoms with Gasteiger partial charge in [0, 0.05) is 28.9 Å². The fourth-order valence-electron chi connectivity index (χ4n) is 2.90. The molecular weight excluding hydrogens is 394 g/mol. The van der Waals surface area contributed by atoms with Crippen molar-refractivity contribution in [2.24, 2.45) is 0 Å². The second kappa shape index (κ2) is 8.55. The SMILES string of the molecule is Cc1ccc(-c2nn(-c3ccccc3)cc2C=C(C#N)C(=O)Nc2nccs2)cc1. The zero-order valence-electron chi connectivity index (χ0n) is 16.1. The molecule has 0 spiro atoms. The fourth-order valence-corrected chi connectivity index (χ4v) is 3.42. The molecule has 0 unspecified atom stereocenters. The van der Waals surface area contributed by atoms with E-state index >= 15 is 0 Å². The van der Waals surface area contributed by atoms with E-state index in [9.17, 15) is 10.1 Å². The van der Waals surface area contributed by atoms with Gasteiger partial charge in [0.15, 0.2) is 5.13 Å². The zero-order valence-corrected chi connectivity index (χ0v) is 16.9. The van der Waals surface area contributed by atoms with E-state index in [1.54, 1.807) is 22.3 Å². The molecule has 0 aliphatic rings. The molecule has 4 aromatic rings. The number of amides is 1. The molecule has 4 rings (SSSR count). The van der Waals surface area contributed by atoms with Gasteiger partial charge in [-0.3, -0.25) is 10.1 Å². The average molecular weight is 411 g/mol. The van der Waals surface area contributed by atoms with Crippen molar-refractivity contribution in [3.63, 3.8) is 0 Å². The summed E-state index contributed by atoms with van der Waals surface area (Å²) in [7, 11) is 0. The van der Waals surface area contributed by atoms with E-state index in [4.69, 9.17) is 5.10 Å². The minimum absolute atomic E-state index is 0.0221. The van der Waals surface area contributed by atoms with Crippen molar-refractivity contribution >= 4 is 28.5 Å². The lowest BCUT2D eigenvalue weighted by Gasteiger charge is -2.02. The quantitative estimate of drug-likeness (QED) is 0.376. The second-order valence-corrected chi connectivity index (χ2v) is 7.43. The third-order valence-electron chi connectivity index (χ3n) is 4.41. The standard InChI is InChI=1S/C23H17N5OS/c1-16-7-9-17(10-8-16)21-19(15-28(27-21)20-5-3-2-4-6-20)13-18(14-24)22(29)26-23-25-11-12-30-23/h2-13,15H,1H3,(H,25,26,29). The highest BCUT2D eigenvalue weighted by molar-refractivity contribution is 7.13. The van der Waals surface area contributed by atoms with Crippen LogP contribution in [-0.4, -0.2) is 20.7 Å². The van der Waals surface area contributed by atoms with Crippen molar-refractivity contribution < 1.29 is 4.79 Å². The first-order valence-corrected chi connectivity index (χ1v) is 10.1. The third-order valence-corrected chi connectivity index (χ3v) is 5.09. The van der Waals surface area contributed by atoms with E-state index in [1.165, 1.54) is 11.3 Å². The Kier molecular flexibility index (Phi) is 5.50. The molecule has 0 fully saturated rings. The lowest BCUT2D eigenvalue weighted by Crippen LogP contribution is -2.13. The maximum atomic E-state index is 12.6. The molecule has 0 bridgehead atoms. The van der Waals surface area contributed by atoms with Crippen molar-refractivity contribution in [3.05, 3.63) is 89.1 Å². The Labute approximate surface area is 177 Å². The summed E-state index contributed by atoms with van der Waals surface area (Å²) in [6.45, 7) is 2.02. The Hall–Kier alpha value is -4.02. The number of rotatable bonds is 5. The lowest BCUT2D eigenvalue weighted by molar-refractivity contribution is -0.112. The highest BCUT2D eigenvalue weighted by Crippen LogP contribution is 2.26. The number of aromatic nitrogens is 3. The van der Waals surface area contributed by atoms with Crippen LogP contribution >= 0.6 is 11.3 Å². The van der Waals surface area contributed by atoms with Gasteiger partial charge in [-0.1, -0.05) is 48.0 Å². The summed E-state index contributed by atoms with van der Waals surface area (Å²) >= 11 is 1.29. The molecule has 6 nitrogen and oxygen atoms in total. The smallest absolute Gasteiger partial charge is 0.268 e. The summed E-state index contributed by atoms with van der Waals surface area (Å²) in [5.74, 6) is -0.505. The van der Waals surface area contributed by atoms with E-state index in [1.807, 2.05) is 73.8 Å². The zero-order chi connectivity index (χ0) is 20.9. The Bertz CT molecular complexity index is 1230. The summed E-state index contributed by atoms with van der Waals surface area (Å²) in [6.07, 6.45) is 4.97. The van der Waals surface area contributed by atoms with Crippen LogP contribution in [0.5, 0.6) is 0 Å². The maximum absolute atomic E-state index is 12.6. The summed E-state index contributed by atoms with van der Waals surface area (Å²) in [4.78, 5) is 16.6. The summed E-state index contributed by atoms with van der Waals surface area (Å²) < 4.78 is 1.74. The third kappa shape index (κ3) is 4.19. The largest absolute Gasteiger partial charge is 0.297 e. The van der Waals surface area contributed by atoms with E-state index < -0.39 is 5.91 Å². The van der Waals surface area contributed by atoms with Gasteiger partial charge >= 0.3 is 0 Å². The molecule has 1 amide bonds. The Balaban J connectivity index is 1.77. The molecule has 0 atom stereocenters. The van der Waals surface area contributed by atoms with Crippen LogP contribution in [0.3, 0.4) is 0 Å². The summed E-state index contributed by atoms with van der Waals surface area (Å²) in [6, 6.07) is 19.6. The van der Waals surface area contributed by atoms with Crippen molar-refractivity contribution in [3.8, 4) is 23.0 Å². The predicted molar refractivity (Wildman–Crippen MR) is 118 cm³/mol. The molecular formula is C23H17N5OS. The molecule has 2 aromatic carbocycles. The summed E-state index contributed by atoms with van der Waals surface area (Å²) in [5.41, 5.74) is 4.27. The lowest BCUT2D eigenvalue weighted by atomic mass is 10.0. The van der Waals surface area contributed by atoms with Gasteiger partial charge in [0.2, 0.25) is 0 Å². The fraction of sp³-hybridized carbons (Fsp3) is 0.0435. The van der Waals surface area contributed by atoms with Crippen LogP contribution in [-0.2, 0) is 4.79 Å². The minimum Gasteiger partial charge on any atom is -0.297 e. The van der Waals surface area contributed by atoms with Gasteiger partial charge in [-0.05, 0) is 25.1 Å². The Morgan fingerprint density at radius 1 is 1.17 bits per heavy atom. The van der Waals surface area contributed by atoms with Gasteiger partial charge in [-0.2, -0.15) is 10.4 Å². The Morgan fingerprint density at radius 2 is 1.93 bits per heavy atom. The normalized spacial score (nSPS) is 11.1. The number of aryl methyl sites for hydroxylation is 1. The number of para-hydroxylation sites is 1. The molecule has 7 heteroatoms. The number of carbonyl (C=O) groups excluding carboxylic acids is 1. The first-order chi connectivity index (χ1) is 14.6. The van der Waals surface area contributed by atoms with E-state index in [2.05, 4.69) is 10.3 Å². The molecule has 2 aromatic heterocycles. The number of anilines is 1. The molecule has 0 saturated heterocycles. The van der Waals surface area contributed by atoms with Crippen LogP contribution in [0.25, 0.3) is 23.0 Å². The van der Waals surface area contributed by atoms with Crippen LogP contribution in [0.1, 0.15) is 11.1 Å². The van der Waals surface area contributed by atoms with Crippen LogP contribution in [0.2, 0.25) is 0 Å². The van der Waals surface area contributed by atoms with Crippen LogP contribution in [0.4, 0.5) is 5.13 Å². The highest BCUT2D eigenvalue weighted by atomic mass is 32.1. The number of nitriles is 1. The van der Waals surface area contributed by atoms with E-state index in [0.29, 0.717) is 16.4 Å². The van der Waals surface area contributed by atoms with E-state index in [0.717, 1.165) is 16.8 Å². The predicted octanol–water partition coefficient (Wildman–Crippen LogP) is 4.85. The maximum Gasteiger partial charge on any atom is 0.268 e. The molecule has 146 valence electrons. The van der Waals surface area contributed by atoms with Gasteiger partial charge in [0.1, 0.15) is 11.6 Å². The molecule has 0 radical (unpaired) electrons. The highest BCUT2D eigenvalue weighted by Gasteiger charge is 2.16. The summed E-state index contributed by atoms with van der Waals surface area (Å²) in [5, 5.41) is 19.2. The number of hydrogen-bond donors (Lipinski definition) is 1. The van der Waals surface area contributed by atoms with Crippen molar-refractivity contribution in [2.75, 3.05) is 5.32 Å². The van der Waals surface area contributed by atoms with Crippen molar-refractivity contribution in [1.82, 2.24) is 14.8 Å².